The predicted octanol–water partition coefficient (Wildman–Crippen LogP) is 2.64. The van der Waals surface area contributed by atoms with Crippen molar-refractivity contribution in [1.82, 2.24) is 19.9 Å². The van der Waals surface area contributed by atoms with Crippen LogP contribution in [0.5, 0.6) is 0 Å². The van der Waals surface area contributed by atoms with Crippen molar-refractivity contribution in [3.63, 3.8) is 0 Å². The van der Waals surface area contributed by atoms with Gasteiger partial charge in [0.15, 0.2) is 10.8 Å². The third-order valence-corrected chi connectivity index (χ3v) is 5.18. The second-order valence-electron chi connectivity index (χ2n) is 5.51. The number of hydrogen-bond donors (Lipinski definition) is 1. The number of fused-ring (bicyclic) bond motifs is 1. The predicted molar refractivity (Wildman–Crippen MR) is 83.1 cm³/mol. The van der Waals surface area contributed by atoms with Crippen molar-refractivity contribution in [3.05, 3.63) is 24.4 Å². The number of aromatic nitrogens is 3. The summed E-state index contributed by atoms with van der Waals surface area (Å²) in [4.78, 5) is 0. The van der Waals surface area contributed by atoms with Gasteiger partial charge in [-0.2, -0.15) is 5.26 Å². The van der Waals surface area contributed by atoms with Crippen LogP contribution in [0.25, 0.3) is 5.65 Å². The Labute approximate surface area is 128 Å². The van der Waals surface area contributed by atoms with Crippen molar-refractivity contribution in [2.45, 2.75) is 48.6 Å². The molecule has 1 fully saturated rings. The van der Waals surface area contributed by atoms with Crippen molar-refractivity contribution in [2.24, 2.45) is 0 Å². The maximum atomic E-state index is 9.50. The number of nitrogens with zero attached hydrogens (tertiary/aromatic N) is 4. The van der Waals surface area contributed by atoms with Crippen molar-refractivity contribution in [1.29, 1.82) is 5.26 Å². The Balaban J connectivity index is 1.71. The molecular weight excluding hydrogens is 282 g/mol. The van der Waals surface area contributed by atoms with Gasteiger partial charge in [0.25, 0.3) is 0 Å². The Bertz CT molecular complexity index is 661. The minimum Gasteiger partial charge on any atom is -0.299 e. The highest BCUT2D eigenvalue weighted by atomic mass is 32.2. The molecule has 0 bridgehead atoms. The van der Waals surface area contributed by atoms with Gasteiger partial charge in [-0.05, 0) is 44.4 Å². The smallest absolute Gasteiger partial charge is 0.195 e. The van der Waals surface area contributed by atoms with Crippen molar-refractivity contribution >= 4 is 17.4 Å². The standard InChI is InChI=1S/C15H19N5S/c1-2-8-17-15(11-16)7-6-12(10-15)21-14-19-18-13-5-3-4-9-20(13)14/h3-5,9,12,17H,2,6-8,10H2,1H3. The van der Waals surface area contributed by atoms with Gasteiger partial charge in [-0.25, -0.2) is 0 Å². The summed E-state index contributed by atoms with van der Waals surface area (Å²) < 4.78 is 2.01. The minimum absolute atomic E-state index is 0.353. The second kappa shape index (κ2) is 6.04. The maximum absolute atomic E-state index is 9.50. The normalized spacial score (nSPS) is 25.2. The van der Waals surface area contributed by atoms with Gasteiger partial charge in [0.05, 0.1) is 6.07 Å². The highest BCUT2D eigenvalue weighted by Gasteiger charge is 2.39. The Morgan fingerprint density at radius 3 is 3.24 bits per heavy atom. The number of nitriles is 1. The summed E-state index contributed by atoms with van der Waals surface area (Å²) >= 11 is 1.74. The van der Waals surface area contributed by atoms with Gasteiger partial charge in [-0.1, -0.05) is 24.8 Å². The van der Waals surface area contributed by atoms with E-state index in [0.29, 0.717) is 5.25 Å². The molecule has 2 atom stereocenters. The first-order chi connectivity index (χ1) is 10.3. The fourth-order valence-electron chi connectivity index (χ4n) is 2.82. The zero-order chi connectivity index (χ0) is 14.7. The fraction of sp³-hybridized carbons (Fsp3) is 0.533. The molecule has 2 aromatic rings. The quantitative estimate of drug-likeness (QED) is 0.919. The van der Waals surface area contributed by atoms with E-state index in [9.17, 15) is 5.26 Å². The van der Waals surface area contributed by atoms with Gasteiger partial charge < -0.3 is 0 Å². The average Bonchev–Trinajstić information content (AvgIpc) is 3.11. The minimum atomic E-state index is -0.353. The van der Waals surface area contributed by atoms with Crippen molar-refractivity contribution < 1.29 is 0 Å². The van der Waals surface area contributed by atoms with Crippen LogP contribution < -0.4 is 5.32 Å². The molecule has 0 aromatic carbocycles. The number of pyridine rings is 1. The van der Waals surface area contributed by atoms with Gasteiger partial charge in [0, 0.05) is 11.4 Å². The molecule has 0 spiro atoms. The molecule has 110 valence electrons. The molecule has 1 saturated carbocycles. The lowest BCUT2D eigenvalue weighted by molar-refractivity contribution is 0.424. The van der Waals surface area contributed by atoms with Crippen LogP contribution in [0.15, 0.2) is 29.6 Å². The molecule has 2 heterocycles. The van der Waals surface area contributed by atoms with Crippen LogP contribution in [0, 0.1) is 11.3 Å². The summed E-state index contributed by atoms with van der Waals surface area (Å²) in [5.41, 5.74) is 0.516. The third kappa shape index (κ3) is 2.89. The molecule has 1 aliphatic carbocycles. The zero-order valence-corrected chi connectivity index (χ0v) is 12.9. The number of nitrogens with one attached hydrogen (secondary N) is 1. The monoisotopic (exact) mass is 301 g/mol. The molecule has 2 aromatic heterocycles. The molecule has 5 nitrogen and oxygen atoms in total. The molecule has 21 heavy (non-hydrogen) atoms. The van der Waals surface area contributed by atoms with Crippen LogP contribution in [-0.2, 0) is 0 Å². The molecule has 6 heteroatoms. The lowest BCUT2D eigenvalue weighted by Crippen LogP contribution is -2.42. The van der Waals surface area contributed by atoms with Crippen LogP contribution >= 0.6 is 11.8 Å². The van der Waals surface area contributed by atoms with Crippen LogP contribution in [-0.4, -0.2) is 31.9 Å². The number of thioether (sulfide) groups is 1. The van der Waals surface area contributed by atoms with Gasteiger partial charge >= 0.3 is 0 Å². The molecule has 3 rings (SSSR count). The van der Waals surface area contributed by atoms with Gasteiger partial charge in [-0.3, -0.25) is 9.72 Å². The molecule has 0 radical (unpaired) electrons. The molecule has 0 aliphatic heterocycles. The topological polar surface area (TPSA) is 66.0 Å². The molecule has 0 saturated heterocycles. The maximum Gasteiger partial charge on any atom is 0.195 e. The Kier molecular flexibility index (Phi) is 4.13. The number of rotatable bonds is 5. The summed E-state index contributed by atoms with van der Waals surface area (Å²) in [7, 11) is 0. The summed E-state index contributed by atoms with van der Waals surface area (Å²) in [6.45, 7) is 3.03. The summed E-state index contributed by atoms with van der Waals surface area (Å²) in [6.07, 6.45) is 5.86. The Morgan fingerprint density at radius 1 is 1.52 bits per heavy atom. The van der Waals surface area contributed by atoms with E-state index >= 15 is 0 Å². The average molecular weight is 301 g/mol. The summed E-state index contributed by atoms with van der Waals surface area (Å²) in [6, 6.07) is 8.39. The second-order valence-corrected chi connectivity index (χ2v) is 6.78. The van der Waals surface area contributed by atoms with E-state index in [1.165, 1.54) is 0 Å². The van der Waals surface area contributed by atoms with Crippen molar-refractivity contribution in [2.75, 3.05) is 6.54 Å². The molecule has 1 N–H and O–H groups in total. The van der Waals surface area contributed by atoms with Crippen molar-refractivity contribution in [3.8, 4) is 6.07 Å². The summed E-state index contributed by atoms with van der Waals surface area (Å²) in [5.74, 6) is 0. The van der Waals surface area contributed by atoms with Crippen LogP contribution in [0.3, 0.4) is 0 Å². The van der Waals surface area contributed by atoms with E-state index in [2.05, 4.69) is 28.5 Å². The molecule has 2 unspecified atom stereocenters. The van der Waals surface area contributed by atoms with Gasteiger partial charge in [0.1, 0.15) is 5.54 Å². The van der Waals surface area contributed by atoms with Crippen LogP contribution in [0.1, 0.15) is 32.6 Å². The Hall–Kier alpha value is -1.58. The van der Waals surface area contributed by atoms with E-state index in [0.717, 1.165) is 43.0 Å². The summed E-state index contributed by atoms with van der Waals surface area (Å²) in [5, 5.41) is 22.7. The van der Waals surface area contributed by atoms with Crippen LogP contribution in [0.4, 0.5) is 0 Å². The van der Waals surface area contributed by atoms with E-state index in [4.69, 9.17) is 0 Å². The SMILES string of the molecule is CCCNC1(C#N)CCC(Sc2nnc3ccccn23)C1. The number of hydrogen-bond acceptors (Lipinski definition) is 5. The van der Waals surface area contributed by atoms with E-state index in [1.807, 2.05) is 28.8 Å². The van der Waals surface area contributed by atoms with Crippen LogP contribution in [0.2, 0.25) is 0 Å². The lowest BCUT2D eigenvalue weighted by Gasteiger charge is -2.22. The van der Waals surface area contributed by atoms with E-state index in [-0.39, 0.29) is 5.54 Å². The highest BCUT2D eigenvalue weighted by Crippen LogP contribution is 2.39. The molecular formula is C15H19N5S. The van der Waals surface area contributed by atoms with Gasteiger partial charge in [0.2, 0.25) is 0 Å². The highest BCUT2D eigenvalue weighted by molar-refractivity contribution is 7.99. The molecule has 0 amide bonds. The van der Waals surface area contributed by atoms with E-state index < -0.39 is 0 Å². The lowest BCUT2D eigenvalue weighted by atomic mass is 10.00. The Morgan fingerprint density at radius 2 is 2.43 bits per heavy atom. The fourth-order valence-corrected chi connectivity index (χ4v) is 4.07. The van der Waals surface area contributed by atoms with Gasteiger partial charge in [-0.15, -0.1) is 10.2 Å². The first kappa shape index (κ1) is 14.4. The third-order valence-electron chi connectivity index (χ3n) is 3.95. The van der Waals surface area contributed by atoms with E-state index in [1.54, 1.807) is 11.8 Å². The molecule has 1 aliphatic rings. The zero-order valence-electron chi connectivity index (χ0n) is 12.1. The largest absolute Gasteiger partial charge is 0.299 e. The first-order valence-corrected chi connectivity index (χ1v) is 8.27. The first-order valence-electron chi connectivity index (χ1n) is 7.39.